The number of nitrogens with one attached hydrogen (secondary N) is 1. The summed E-state index contributed by atoms with van der Waals surface area (Å²) in [6.07, 6.45) is 1.65. The van der Waals surface area contributed by atoms with Crippen LogP contribution in [0, 0.1) is 0 Å². The van der Waals surface area contributed by atoms with Crippen molar-refractivity contribution in [3.8, 4) is 11.4 Å². The van der Waals surface area contributed by atoms with Gasteiger partial charge < -0.3 is 4.74 Å². The lowest BCUT2D eigenvalue weighted by molar-refractivity contribution is -0.672. The Morgan fingerprint density at radius 1 is 1.29 bits per heavy atom. The largest absolute Gasteiger partial charge is 0.497 e. The van der Waals surface area contributed by atoms with E-state index in [1.807, 2.05) is 6.07 Å². The molecule has 0 spiro atoms. The van der Waals surface area contributed by atoms with Crippen LogP contribution in [0.3, 0.4) is 0 Å². The minimum absolute atomic E-state index is 0.0661. The third-order valence-corrected chi connectivity index (χ3v) is 4.17. The molecular weight excluding hydrogens is 330 g/mol. The lowest BCUT2D eigenvalue weighted by atomic mass is 10.2. The Bertz CT molecular complexity index is 888. The second kappa shape index (κ2) is 7.14. The highest BCUT2D eigenvalue weighted by atomic mass is 32.2. The molecule has 0 fully saturated rings. The van der Waals surface area contributed by atoms with Crippen molar-refractivity contribution in [1.82, 2.24) is 10.3 Å². The number of hydrogen-bond acceptors (Lipinski definition) is 6. The maximum Gasteiger partial charge on any atom is 0.438 e. The number of aromatic nitrogens is 3. The molecule has 3 rings (SSSR count). The predicted molar refractivity (Wildman–Crippen MR) is 86.7 cm³/mol. The number of thioether (sulfide) groups is 1. The van der Waals surface area contributed by atoms with Gasteiger partial charge in [0.05, 0.1) is 17.9 Å². The van der Waals surface area contributed by atoms with Crippen LogP contribution in [-0.2, 0) is 0 Å². The Morgan fingerprint density at radius 2 is 2.08 bits per heavy atom. The van der Waals surface area contributed by atoms with Gasteiger partial charge in [-0.15, -0.1) is 0 Å². The van der Waals surface area contributed by atoms with Gasteiger partial charge in [0, 0.05) is 18.3 Å². The van der Waals surface area contributed by atoms with Crippen LogP contribution >= 0.6 is 11.8 Å². The quantitative estimate of drug-likeness (QED) is 0.415. The van der Waals surface area contributed by atoms with Crippen LogP contribution in [0.1, 0.15) is 10.5 Å². The van der Waals surface area contributed by atoms with Gasteiger partial charge in [-0.3, -0.25) is 9.32 Å². The first-order valence-electron chi connectivity index (χ1n) is 7.04. The molecule has 0 amide bonds. The third-order valence-electron chi connectivity index (χ3n) is 3.23. The zero-order chi connectivity index (χ0) is 16.9. The second-order valence-corrected chi connectivity index (χ2v) is 5.74. The molecule has 0 atom stereocenters. The van der Waals surface area contributed by atoms with Gasteiger partial charge in [0.2, 0.25) is 11.5 Å². The molecule has 0 aliphatic rings. The number of ether oxygens (including phenoxy) is 1. The monoisotopic (exact) mass is 344 g/mol. The number of Topliss-reactive ketones (excluding diaryl/α,β-unsaturated/α-hetero) is 1. The van der Waals surface area contributed by atoms with E-state index in [0.29, 0.717) is 16.5 Å². The van der Waals surface area contributed by atoms with Gasteiger partial charge in [0.25, 0.3) is 0 Å². The van der Waals surface area contributed by atoms with E-state index >= 15 is 0 Å². The van der Waals surface area contributed by atoms with Crippen LogP contribution in [-0.4, -0.2) is 28.9 Å². The van der Waals surface area contributed by atoms with Crippen molar-refractivity contribution in [2.24, 2.45) is 0 Å². The summed E-state index contributed by atoms with van der Waals surface area (Å²) >= 11 is 1.26. The molecule has 0 saturated heterocycles. The van der Waals surface area contributed by atoms with Gasteiger partial charge in [0.1, 0.15) is 5.75 Å². The maximum atomic E-state index is 12.4. The summed E-state index contributed by atoms with van der Waals surface area (Å²) < 4.78 is 11.2. The number of methoxy groups -OCH3 is 1. The third kappa shape index (κ3) is 3.38. The fraction of sp³-hybridized carbons (Fsp3) is 0.125. The molecule has 24 heavy (non-hydrogen) atoms. The molecular formula is C16H14N3O4S+. The SMILES string of the molecule is COc1ccc(-[n+]2[nH]oc(=O)c2C(=O)CSc2ccccn2)cc1. The first-order chi connectivity index (χ1) is 11.7. The molecule has 7 nitrogen and oxygen atoms in total. The Hall–Kier alpha value is -2.87. The Labute approximate surface area is 141 Å². The molecule has 0 radical (unpaired) electrons. The number of ketones is 1. The van der Waals surface area contributed by atoms with Crippen molar-refractivity contribution in [2.45, 2.75) is 5.03 Å². The van der Waals surface area contributed by atoms with Crippen molar-refractivity contribution in [2.75, 3.05) is 12.9 Å². The van der Waals surface area contributed by atoms with E-state index in [9.17, 15) is 9.59 Å². The van der Waals surface area contributed by atoms with Crippen molar-refractivity contribution in [3.05, 3.63) is 64.8 Å². The first kappa shape index (κ1) is 16.0. The standard InChI is InChI=1S/C16H13N3O4S/c1-22-12-7-5-11(6-8-12)19-15(16(21)23-18-19)13(20)10-24-14-4-2-3-9-17-14/h2-9H,10H2,1H3/p+1. The summed E-state index contributed by atoms with van der Waals surface area (Å²) in [5, 5.41) is 3.16. The average molecular weight is 344 g/mol. The molecule has 0 unspecified atom stereocenters. The van der Waals surface area contributed by atoms with E-state index in [1.54, 1.807) is 49.7 Å². The van der Waals surface area contributed by atoms with Gasteiger partial charge in [-0.2, -0.15) is 0 Å². The number of nitrogens with zero attached hydrogens (tertiary/aromatic N) is 2. The molecule has 3 aromatic rings. The van der Waals surface area contributed by atoms with Crippen LogP contribution < -0.4 is 15.0 Å². The highest BCUT2D eigenvalue weighted by molar-refractivity contribution is 7.99. The highest BCUT2D eigenvalue weighted by Gasteiger charge is 2.30. The molecule has 0 bridgehead atoms. The minimum Gasteiger partial charge on any atom is -0.497 e. The number of aromatic amines is 1. The van der Waals surface area contributed by atoms with Gasteiger partial charge >= 0.3 is 11.3 Å². The maximum absolute atomic E-state index is 12.4. The van der Waals surface area contributed by atoms with Gasteiger partial charge in [-0.05, 0) is 34.2 Å². The van der Waals surface area contributed by atoms with E-state index < -0.39 is 5.63 Å². The Morgan fingerprint density at radius 3 is 2.75 bits per heavy atom. The lowest BCUT2D eigenvalue weighted by Gasteiger charge is -1.99. The number of hydrogen-bond donors (Lipinski definition) is 1. The van der Waals surface area contributed by atoms with Crippen molar-refractivity contribution < 1.29 is 18.7 Å². The number of carbonyl (C=O) groups is 1. The fourth-order valence-electron chi connectivity index (χ4n) is 2.06. The first-order valence-corrected chi connectivity index (χ1v) is 8.02. The van der Waals surface area contributed by atoms with E-state index in [0.717, 1.165) is 0 Å². The van der Waals surface area contributed by atoms with Crippen LogP contribution in [0.4, 0.5) is 0 Å². The van der Waals surface area contributed by atoms with Gasteiger partial charge in [-0.25, -0.2) is 9.78 Å². The normalized spacial score (nSPS) is 10.5. The van der Waals surface area contributed by atoms with Crippen LogP contribution in [0.5, 0.6) is 5.75 Å². The van der Waals surface area contributed by atoms with Gasteiger partial charge in [-0.1, -0.05) is 17.8 Å². The smallest absolute Gasteiger partial charge is 0.438 e. The average Bonchev–Trinajstić information content (AvgIpc) is 3.02. The zero-order valence-electron chi connectivity index (χ0n) is 12.8. The summed E-state index contributed by atoms with van der Waals surface area (Å²) in [6, 6.07) is 12.3. The van der Waals surface area contributed by atoms with E-state index in [2.05, 4.69) is 10.3 Å². The van der Waals surface area contributed by atoms with Crippen LogP contribution in [0.25, 0.3) is 5.69 Å². The van der Waals surface area contributed by atoms with E-state index in [4.69, 9.17) is 9.26 Å². The number of H-pyrrole nitrogens is 1. The van der Waals surface area contributed by atoms with Crippen molar-refractivity contribution >= 4 is 17.5 Å². The minimum atomic E-state index is -0.711. The van der Waals surface area contributed by atoms with Crippen LogP contribution in [0.2, 0.25) is 0 Å². The summed E-state index contributed by atoms with van der Waals surface area (Å²) in [7, 11) is 1.56. The van der Waals surface area contributed by atoms with Crippen molar-refractivity contribution in [3.63, 3.8) is 0 Å². The van der Waals surface area contributed by atoms with E-state index in [-0.39, 0.29) is 17.2 Å². The topological polar surface area (TPSA) is 89.1 Å². The van der Waals surface area contributed by atoms with Crippen LogP contribution in [0.15, 0.2) is 63.0 Å². The summed E-state index contributed by atoms with van der Waals surface area (Å²) in [5.74, 6) is 0.399. The Balaban J connectivity index is 1.83. The molecule has 0 aliphatic heterocycles. The predicted octanol–water partition coefficient (Wildman–Crippen LogP) is 1.62. The zero-order valence-corrected chi connectivity index (χ0v) is 13.6. The number of pyridine rings is 1. The summed E-state index contributed by atoms with van der Waals surface area (Å²) in [5.41, 5.74) is -0.186. The number of benzene rings is 1. The van der Waals surface area contributed by atoms with Crippen molar-refractivity contribution in [1.29, 1.82) is 0 Å². The molecule has 1 aromatic carbocycles. The summed E-state index contributed by atoms with van der Waals surface area (Å²) in [6.45, 7) is 0. The highest BCUT2D eigenvalue weighted by Crippen LogP contribution is 2.15. The molecule has 1 N–H and O–H groups in total. The molecule has 8 heteroatoms. The Kier molecular flexibility index (Phi) is 4.76. The van der Waals surface area contributed by atoms with Gasteiger partial charge in [0.15, 0.2) is 0 Å². The summed E-state index contributed by atoms with van der Waals surface area (Å²) in [4.78, 5) is 28.5. The fourth-order valence-corrected chi connectivity index (χ4v) is 2.79. The molecule has 2 aromatic heterocycles. The second-order valence-electron chi connectivity index (χ2n) is 4.74. The van der Waals surface area contributed by atoms with E-state index in [1.165, 1.54) is 16.4 Å². The molecule has 2 heterocycles. The molecule has 0 saturated carbocycles. The number of carbonyl (C=O) groups excluding carboxylic acids is 1. The molecule has 0 aliphatic carbocycles. The lowest BCUT2D eigenvalue weighted by Crippen LogP contribution is -2.41. The molecule has 122 valence electrons. The number of rotatable bonds is 6.